The van der Waals surface area contributed by atoms with Crippen molar-refractivity contribution in [3.05, 3.63) is 40.2 Å². The number of nitrogens with zero attached hydrogens (tertiary/aromatic N) is 1. The van der Waals surface area contributed by atoms with E-state index in [4.69, 9.17) is 4.74 Å². The lowest BCUT2D eigenvalue weighted by Gasteiger charge is -2.18. The van der Waals surface area contributed by atoms with Gasteiger partial charge in [-0.25, -0.2) is 0 Å². The number of ether oxygens (including phenoxy) is 1. The number of nitrogens with one attached hydrogen (secondary N) is 2. The first-order chi connectivity index (χ1) is 11.1. The molecule has 7 nitrogen and oxygen atoms in total. The number of esters is 1. The number of aromatic nitrogens is 2. The minimum absolute atomic E-state index is 0.195. The largest absolute Gasteiger partial charge is 0.469 e. The maximum absolute atomic E-state index is 12.4. The molecule has 1 fully saturated rings. The Morgan fingerprint density at radius 3 is 2.87 bits per heavy atom. The van der Waals surface area contributed by atoms with Gasteiger partial charge >= 0.3 is 5.97 Å². The van der Waals surface area contributed by atoms with E-state index in [9.17, 15) is 14.4 Å². The SMILES string of the molecule is COC(=O)[C@H]1CCC[C@@H]1NC(=O)c1n[nH]c2ccccc2c1=O. The number of carbonyl (C=O) groups excluding carboxylic acids is 2. The summed E-state index contributed by atoms with van der Waals surface area (Å²) < 4.78 is 4.76. The number of fused-ring (bicyclic) bond motifs is 1. The van der Waals surface area contributed by atoms with Crippen molar-refractivity contribution in [2.24, 2.45) is 5.92 Å². The van der Waals surface area contributed by atoms with E-state index in [0.29, 0.717) is 23.7 Å². The fourth-order valence-corrected chi connectivity index (χ4v) is 3.03. The van der Waals surface area contributed by atoms with E-state index in [1.807, 2.05) is 0 Å². The van der Waals surface area contributed by atoms with Crippen LogP contribution in [0.3, 0.4) is 0 Å². The van der Waals surface area contributed by atoms with Gasteiger partial charge < -0.3 is 10.1 Å². The lowest BCUT2D eigenvalue weighted by molar-refractivity contribution is -0.145. The summed E-state index contributed by atoms with van der Waals surface area (Å²) in [5.74, 6) is -1.28. The van der Waals surface area contributed by atoms with Gasteiger partial charge in [-0.1, -0.05) is 18.6 Å². The van der Waals surface area contributed by atoms with Gasteiger partial charge in [0.25, 0.3) is 5.91 Å². The maximum Gasteiger partial charge on any atom is 0.310 e. The minimum Gasteiger partial charge on any atom is -0.469 e. The van der Waals surface area contributed by atoms with Crippen molar-refractivity contribution in [1.82, 2.24) is 15.5 Å². The van der Waals surface area contributed by atoms with Gasteiger partial charge in [0, 0.05) is 11.4 Å². The highest BCUT2D eigenvalue weighted by atomic mass is 16.5. The molecule has 1 aromatic carbocycles. The van der Waals surface area contributed by atoms with E-state index in [0.717, 1.165) is 6.42 Å². The van der Waals surface area contributed by atoms with Gasteiger partial charge in [-0.3, -0.25) is 19.5 Å². The Hall–Kier alpha value is -2.70. The van der Waals surface area contributed by atoms with E-state index in [1.54, 1.807) is 24.3 Å². The van der Waals surface area contributed by atoms with Crippen LogP contribution >= 0.6 is 0 Å². The van der Waals surface area contributed by atoms with Crippen LogP contribution in [0.4, 0.5) is 0 Å². The van der Waals surface area contributed by atoms with Crippen molar-refractivity contribution in [2.45, 2.75) is 25.3 Å². The molecule has 0 unspecified atom stereocenters. The molecule has 1 aromatic heterocycles. The van der Waals surface area contributed by atoms with Gasteiger partial charge in [0.2, 0.25) is 5.43 Å². The zero-order chi connectivity index (χ0) is 16.4. The standard InChI is InChI=1S/C16H17N3O4/c1-23-16(22)10-6-4-8-11(10)17-15(21)13-14(20)9-5-2-3-7-12(9)18-19-13/h2-3,5,7,10-11H,4,6,8H2,1H3,(H,17,21)(H,18,20)/t10-,11-/m0/s1. The third kappa shape index (κ3) is 2.81. The van der Waals surface area contributed by atoms with Gasteiger partial charge in [-0.15, -0.1) is 0 Å². The first kappa shape index (κ1) is 15.2. The van der Waals surface area contributed by atoms with Crippen molar-refractivity contribution in [3.8, 4) is 0 Å². The molecular formula is C16H17N3O4. The molecule has 2 aromatic rings. The molecule has 2 N–H and O–H groups in total. The summed E-state index contributed by atoms with van der Waals surface area (Å²) in [5.41, 5.74) is -0.0500. The van der Waals surface area contributed by atoms with E-state index >= 15 is 0 Å². The molecule has 23 heavy (non-hydrogen) atoms. The monoisotopic (exact) mass is 315 g/mol. The average molecular weight is 315 g/mol. The number of H-pyrrole nitrogens is 1. The van der Waals surface area contributed by atoms with Crippen LogP contribution in [0.5, 0.6) is 0 Å². The molecule has 0 saturated heterocycles. The Morgan fingerprint density at radius 1 is 1.30 bits per heavy atom. The van der Waals surface area contributed by atoms with E-state index in [1.165, 1.54) is 7.11 Å². The van der Waals surface area contributed by atoms with Gasteiger partial charge in [0.15, 0.2) is 5.69 Å². The summed E-state index contributed by atoms with van der Waals surface area (Å²) in [6.07, 6.45) is 2.17. The molecule has 7 heteroatoms. The van der Waals surface area contributed by atoms with Crippen molar-refractivity contribution in [1.29, 1.82) is 0 Å². The number of hydrogen-bond acceptors (Lipinski definition) is 5. The van der Waals surface area contributed by atoms with Crippen LogP contribution in [-0.4, -0.2) is 35.2 Å². The van der Waals surface area contributed by atoms with Gasteiger partial charge in [0.05, 0.1) is 18.5 Å². The van der Waals surface area contributed by atoms with Crippen molar-refractivity contribution >= 4 is 22.8 Å². The molecule has 1 amide bonds. The molecule has 1 heterocycles. The fourth-order valence-electron chi connectivity index (χ4n) is 3.03. The normalized spacial score (nSPS) is 20.4. The van der Waals surface area contributed by atoms with Gasteiger partial charge in [0.1, 0.15) is 0 Å². The van der Waals surface area contributed by atoms with Crippen LogP contribution < -0.4 is 10.7 Å². The predicted octanol–water partition coefficient (Wildman–Crippen LogP) is 0.995. The Bertz CT molecular complexity index is 814. The lowest BCUT2D eigenvalue weighted by Crippen LogP contribution is -2.42. The molecule has 120 valence electrons. The first-order valence-electron chi connectivity index (χ1n) is 7.48. The number of carbonyl (C=O) groups is 2. The smallest absolute Gasteiger partial charge is 0.310 e. The molecule has 2 atom stereocenters. The highest BCUT2D eigenvalue weighted by molar-refractivity contribution is 5.95. The van der Waals surface area contributed by atoms with E-state index in [2.05, 4.69) is 15.5 Å². The Morgan fingerprint density at radius 2 is 2.09 bits per heavy atom. The second-order valence-electron chi connectivity index (χ2n) is 5.59. The summed E-state index contributed by atoms with van der Waals surface area (Å²) in [6, 6.07) is 6.53. The summed E-state index contributed by atoms with van der Waals surface area (Å²) >= 11 is 0. The first-order valence-corrected chi connectivity index (χ1v) is 7.48. The number of aromatic amines is 1. The molecule has 1 aliphatic rings. The lowest BCUT2D eigenvalue weighted by atomic mass is 10.0. The molecule has 0 spiro atoms. The summed E-state index contributed by atoms with van der Waals surface area (Å²) in [5, 5.41) is 9.73. The van der Waals surface area contributed by atoms with Crippen LogP contribution in [-0.2, 0) is 9.53 Å². The quantitative estimate of drug-likeness (QED) is 0.823. The van der Waals surface area contributed by atoms with Gasteiger partial charge in [-0.05, 0) is 25.0 Å². The fraction of sp³-hybridized carbons (Fsp3) is 0.375. The van der Waals surface area contributed by atoms with Crippen molar-refractivity contribution in [2.75, 3.05) is 7.11 Å². The minimum atomic E-state index is -0.571. The second-order valence-corrected chi connectivity index (χ2v) is 5.59. The molecule has 1 saturated carbocycles. The Labute approximate surface area is 132 Å². The van der Waals surface area contributed by atoms with E-state index < -0.39 is 11.3 Å². The highest BCUT2D eigenvalue weighted by Crippen LogP contribution is 2.26. The van der Waals surface area contributed by atoms with E-state index in [-0.39, 0.29) is 23.6 Å². The third-order valence-electron chi connectivity index (χ3n) is 4.23. The number of hydrogen-bond donors (Lipinski definition) is 2. The predicted molar refractivity (Wildman–Crippen MR) is 83.0 cm³/mol. The van der Waals surface area contributed by atoms with Crippen LogP contribution in [0.2, 0.25) is 0 Å². The molecule has 0 bridgehead atoms. The zero-order valence-corrected chi connectivity index (χ0v) is 12.7. The molecule has 0 radical (unpaired) electrons. The second kappa shape index (κ2) is 6.20. The van der Waals surface area contributed by atoms with Crippen LogP contribution in [0.25, 0.3) is 10.9 Å². The summed E-state index contributed by atoms with van der Waals surface area (Å²) in [7, 11) is 1.33. The highest BCUT2D eigenvalue weighted by Gasteiger charge is 2.35. The number of para-hydroxylation sites is 1. The van der Waals surface area contributed by atoms with Crippen LogP contribution in [0, 0.1) is 5.92 Å². The maximum atomic E-state index is 12.4. The number of amides is 1. The van der Waals surface area contributed by atoms with Crippen molar-refractivity contribution < 1.29 is 14.3 Å². The zero-order valence-electron chi connectivity index (χ0n) is 12.7. The number of methoxy groups -OCH3 is 1. The topological polar surface area (TPSA) is 101 Å². The Kier molecular flexibility index (Phi) is 4.10. The van der Waals surface area contributed by atoms with Crippen molar-refractivity contribution in [3.63, 3.8) is 0 Å². The van der Waals surface area contributed by atoms with Gasteiger partial charge in [-0.2, -0.15) is 5.10 Å². The Balaban J connectivity index is 1.85. The molecular weight excluding hydrogens is 298 g/mol. The molecule has 1 aliphatic carbocycles. The number of benzene rings is 1. The molecule has 0 aliphatic heterocycles. The third-order valence-corrected chi connectivity index (χ3v) is 4.23. The number of rotatable bonds is 3. The molecule has 3 rings (SSSR count). The van der Waals surface area contributed by atoms with Crippen LogP contribution in [0.1, 0.15) is 29.8 Å². The summed E-state index contributed by atoms with van der Waals surface area (Å²) in [4.78, 5) is 36.5. The average Bonchev–Trinajstić information content (AvgIpc) is 3.02. The summed E-state index contributed by atoms with van der Waals surface area (Å²) in [6.45, 7) is 0. The van der Waals surface area contributed by atoms with Crippen LogP contribution in [0.15, 0.2) is 29.1 Å².